The summed E-state index contributed by atoms with van der Waals surface area (Å²) in [6, 6.07) is 0.396. The third-order valence-corrected chi connectivity index (χ3v) is 1.77. The fraction of sp³-hybridized carbons (Fsp3) is 1.00. The van der Waals surface area contributed by atoms with Crippen LogP contribution in [0, 0.1) is 0 Å². The molecule has 0 bridgehead atoms. The Hall–Kier alpha value is -0.120. The highest BCUT2D eigenvalue weighted by Gasteiger charge is 2.19. The molecule has 0 saturated carbocycles. The number of hydrogen-bond donors (Lipinski definition) is 1. The van der Waals surface area contributed by atoms with Crippen molar-refractivity contribution in [3.05, 3.63) is 0 Å². The molecule has 9 heavy (non-hydrogen) atoms. The number of hydrazine groups is 1. The molecule has 2 N–H and O–H groups in total. The summed E-state index contributed by atoms with van der Waals surface area (Å²) in [6.07, 6.45) is 1.14. The van der Waals surface area contributed by atoms with Gasteiger partial charge in [0.05, 0.1) is 0 Å². The standard InChI is InChI=1S/C6H15N3/c1-8(2)9-4-3-6(7)5-9/h6H,3-5,7H2,1-2H3. The molecule has 0 aromatic carbocycles. The molecule has 1 rings (SSSR count). The van der Waals surface area contributed by atoms with Crippen molar-refractivity contribution < 1.29 is 0 Å². The Balaban J connectivity index is 2.30. The lowest BCUT2D eigenvalue weighted by atomic mass is 10.3. The molecule has 0 amide bonds. The van der Waals surface area contributed by atoms with Gasteiger partial charge in [-0.05, 0) is 6.42 Å². The Labute approximate surface area is 56.4 Å². The molecule has 1 heterocycles. The van der Waals surface area contributed by atoms with E-state index in [1.807, 2.05) is 0 Å². The smallest absolute Gasteiger partial charge is 0.0285 e. The molecule has 1 unspecified atom stereocenters. The van der Waals surface area contributed by atoms with Gasteiger partial charge in [-0.3, -0.25) is 0 Å². The maximum Gasteiger partial charge on any atom is 0.0285 e. The van der Waals surface area contributed by atoms with Crippen LogP contribution in [0.5, 0.6) is 0 Å². The summed E-state index contributed by atoms with van der Waals surface area (Å²) >= 11 is 0. The van der Waals surface area contributed by atoms with Crippen LogP contribution in [0.15, 0.2) is 0 Å². The zero-order valence-electron chi connectivity index (χ0n) is 6.17. The lowest BCUT2D eigenvalue weighted by Gasteiger charge is -2.22. The maximum atomic E-state index is 5.69. The van der Waals surface area contributed by atoms with Gasteiger partial charge in [-0.1, -0.05) is 0 Å². The Morgan fingerprint density at radius 1 is 1.56 bits per heavy atom. The summed E-state index contributed by atoms with van der Waals surface area (Å²) in [5.74, 6) is 0. The predicted octanol–water partition coefficient (Wildman–Crippen LogP) is -0.504. The van der Waals surface area contributed by atoms with Crippen LogP contribution in [0.25, 0.3) is 0 Å². The Morgan fingerprint density at radius 2 is 2.22 bits per heavy atom. The SMILES string of the molecule is CN(C)N1CCC(N)C1. The van der Waals surface area contributed by atoms with Gasteiger partial charge in [0.1, 0.15) is 0 Å². The number of nitrogens with zero attached hydrogens (tertiary/aromatic N) is 2. The highest BCUT2D eigenvalue weighted by atomic mass is 15.6. The molecule has 1 fully saturated rings. The van der Waals surface area contributed by atoms with Crippen LogP contribution in [-0.4, -0.2) is 43.2 Å². The highest BCUT2D eigenvalue weighted by Crippen LogP contribution is 2.06. The molecule has 1 atom stereocenters. The van der Waals surface area contributed by atoms with E-state index in [0.717, 1.165) is 19.5 Å². The molecule has 0 aromatic rings. The topological polar surface area (TPSA) is 32.5 Å². The first-order valence-corrected chi connectivity index (χ1v) is 3.38. The molecule has 3 heteroatoms. The van der Waals surface area contributed by atoms with Gasteiger partial charge in [0.2, 0.25) is 0 Å². The highest BCUT2D eigenvalue weighted by molar-refractivity contribution is 4.74. The van der Waals surface area contributed by atoms with Gasteiger partial charge >= 0.3 is 0 Å². The Bertz CT molecular complexity index is 92.3. The van der Waals surface area contributed by atoms with E-state index in [2.05, 4.69) is 24.1 Å². The second-order valence-corrected chi connectivity index (χ2v) is 2.81. The molecule has 0 radical (unpaired) electrons. The van der Waals surface area contributed by atoms with Gasteiger partial charge < -0.3 is 5.73 Å². The summed E-state index contributed by atoms with van der Waals surface area (Å²) in [5.41, 5.74) is 5.69. The zero-order chi connectivity index (χ0) is 6.85. The van der Waals surface area contributed by atoms with Crippen molar-refractivity contribution in [2.45, 2.75) is 12.5 Å². The second kappa shape index (κ2) is 2.64. The number of nitrogens with two attached hydrogens (primary N) is 1. The normalized spacial score (nSPS) is 30.0. The fourth-order valence-corrected chi connectivity index (χ4v) is 1.13. The first-order chi connectivity index (χ1) is 4.20. The predicted molar refractivity (Wildman–Crippen MR) is 37.9 cm³/mol. The average Bonchev–Trinajstić information content (AvgIpc) is 2.14. The molecule has 0 spiro atoms. The molecule has 54 valence electrons. The van der Waals surface area contributed by atoms with Crippen molar-refractivity contribution in [1.29, 1.82) is 0 Å². The lowest BCUT2D eigenvalue weighted by Crippen LogP contribution is -2.36. The van der Waals surface area contributed by atoms with Crippen LogP contribution in [0.3, 0.4) is 0 Å². The minimum atomic E-state index is 0.396. The maximum absolute atomic E-state index is 5.69. The fourth-order valence-electron chi connectivity index (χ4n) is 1.13. The first kappa shape index (κ1) is 6.99. The van der Waals surface area contributed by atoms with Crippen molar-refractivity contribution in [1.82, 2.24) is 10.0 Å². The zero-order valence-corrected chi connectivity index (χ0v) is 6.17. The van der Waals surface area contributed by atoms with Gasteiger partial charge in [0.15, 0.2) is 0 Å². The van der Waals surface area contributed by atoms with E-state index < -0.39 is 0 Å². The van der Waals surface area contributed by atoms with Crippen LogP contribution in [0.1, 0.15) is 6.42 Å². The molecule has 1 aliphatic rings. The monoisotopic (exact) mass is 129 g/mol. The van der Waals surface area contributed by atoms with Gasteiger partial charge in [0.25, 0.3) is 0 Å². The number of rotatable bonds is 1. The van der Waals surface area contributed by atoms with Crippen LogP contribution >= 0.6 is 0 Å². The van der Waals surface area contributed by atoms with Crippen molar-refractivity contribution in [3.63, 3.8) is 0 Å². The molecular weight excluding hydrogens is 114 g/mol. The summed E-state index contributed by atoms with van der Waals surface area (Å²) in [7, 11) is 4.11. The minimum Gasteiger partial charge on any atom is -0.326 e. The molecular formula is C6H15N3. The van der Waals surface area contributed by atoms with Gasteiger partial charge in [-0.15, -0.1) is 0 Å². The van der Waals surface area contributed by atoms with Crippen LogP contribution in [0.2, 0.25) is 0 Å². The summed E-state index contributed by atoms with van der Waals surface area (Å²) in [6.45, 7) is 2.14. The van der Waals surface area contributed by atoms with E-state index in [-0.39, 0.29) is 0 Å². The van der Waals surface area contributed by atoms with Crippen molar-refractivity contribution >= 4 is 0 Å². The van der Waals surface area contributed by atoms with E-state index in [4.69, 9.17) is 5.73 Å². The third kappa shape index (κ3) is 1.64. The van der Waals surface area contributed by atoms with Gasteiger partial charge in [-0.2, -0.15) is 0 Å². The summed E-state index contributed by atoms with van der Waals surface area (Å²) < 4.78 is 0. The van der Waals surface area contributed by atoms with E-state index in [0.29, 0.717) is 6.04 Å². The van der Waals surface area contributed by atoms with Crippen molar-refractivity contribution in [3.8, 4) is 0 Å². The molecule has 1 aliphatic heterocycles. The van der Waals surface area contributed by atoms with E-state index in [9.17, 15) is 0 Å². The van der Waals surface area contributed by atoms with Gasteiger partial charge in [-0.25, -0.2) is 10.0 Å². The Kier molecular flexibility index (Phi) is 2.05. The van der Waals surface area contributed by atoms with Gasteiger partial charge in [0, 0.05) is 33.2 Å². The van der Waals surface area contributed by atoms with E-state index in [1.54, 1.807) is 0 Å². The van der Waals surface area contributed by atoms with Crippen LogP contribution < -0.4 is 5.73 Å². The quantitative estimate of drug-likeness (QED) is 0.518. The van der Waals surface area contributed by atoms with E-state index in [1.165, 1.54) is 0 Å². The van der Waals surface area contributed by atoms with Crippen molar-refractivity contribution in [2.75, 3.05) is 27.2 Å². The van der Waals surface area contributed by atoms with Crippen molar-refractivity contribution in [2.24, 2.45) is 5.73 Å². The van der Waals surface area contributed by atoms with Crippen LogP contribution in [0.4, 0.5) is 0 Å². The minimum absolute atomic E-state index is 0.396. The molecule has 1 saturated heterocycles. The molecule has 3 nitrogen and oxygen atoms in total. The largest absolute Gasteiger partial charge is 0.326 e. The number of hydrogen-bond acceptors (Lipinski definition) is 3. The molecule has 0 aromatic heterocycles. The van der Waals surface area contributed by atoms with E-state index >= 15 is 0 Å². The summed E-state index contributed by atoms with van der Waals surface area (Å²) in [5, 5.41) is 4.36. The molecule has 0 aliphatic carbocycles. The Morgan fingerprint density at radius 3 is 2.44 bits per heavy atom. The summed E-state index contributed by atoms with van der Waals surface area (Å²) in [4.78, 5) is 0. The lowest BCUT2D eigenvalue weighted by molar-refractivity contribution is 0.0523. The third-order valence-electron chi connectivity index (χ3n) is 1.77. The van der Waals surface area contributed by atoms with Crippen LogP contribution in [-0.2, 0) is 0 Å². The average molecular weight is 129 g/mol. The second-order valence-electron chi connectivity index (χ2n) is 2.81. The first-order valence-electron chi connectivity index (χ1n) is 3.38.